The van der Waals surface area contributed by atoms with Crippen molar-refractivity contribution in [3.8, 4) is 11.4 Å². The number of alkyl halides is 3. The van der Waals surface area contributed by atoms with E-state index in [1.54, 1.807) is 48.5 Å². The molecule has 0 bridgehead atoms. The van der Waals surface area contributed by atoms with Gasteiger partial charge in [-0.2, -0.15) is 13.2 Å². The number of fused-ring (bicyclic) bond motifs is 1. The number of hydrogen-bond donors (Lipinski definition) is 2. The van der Waals surface area contributed by atoms with Gasteiger partial charge in [0.05, 0.1) is 28.0 Å². The van der Waals surface area contributed by atoms with Crippen molar-refractivity contribution in [3.05, 3.63) is 82.8 Å². The van der Waals surface area contributed by atoms with Gasteiger partial charge < -0.3 is 11.5 Å². The Morgan fingerprint density at radius 3 is 1.61 bits per heavy atom. The van der Waals surface area contributed by atoms with Crippen LogP contribution in [0, 0.1) is 0 Å². The smallest absolute Gasteiger partial charge is 0.399 e. The van der Waals surface area contributed by atoms with Crippen molar-refractivity contribution in [3.63, 3.8) is 0 Å². The van der Waals surface area contributed by atoms with Crippen LogP contribution >= 0.6 is 0 Å². The molecule has 0 aliphatic rings. The molecule has 0 amide bonds. The summed E-state index contributed by atoms with van der Waals surface area (Å²) in [5.74, 6) is 0. The van der Waals surface area contributed by atoms with Crippen LogP contribution in [0.5, 0.6) is 0 Å². The quantitative estimate of drug-likeness (QED) is 0.514. The number of nitrogens with two attached hydrogens (primary N) is 2. The van der Waals surface area contributed by atoms with E-state index in [0.717, 1.165) is 12.1 Å². The predicted molar refractivity (Wildman–Crippen MR) is 103 cm³/mol. The van der Waals surface area contributed by atoms with Gasteiger partial charge in [0.15, 0.2) is 0 Å². The van der Waals surface area contributed by atoms with Crippen molar-refractivity contribution in [1.29, 1.82) is 0 Å². The Hall–Kier alpha value is -3.68. The molecule has 0 atom stereocenters. The average molecular weight is 384 g/mol. The third-order valence-electron chi connectivity index (χ3n) is 4.47. The second-order valence-electron chi connectivity index (χ2n) is 6.34. The molecule has 1 aromatic heterocycles. The highest BCUT2D eigenvalue weighted by molar-refractivity contribution is 5.81. The number of halogens is 3. The number of nitrogens with zero attached hydrogens (tertiary/aromatic N) is 2. The summed E-state index contributed by atoms with van der Waals surface area (Å²) in [5.41, 5.74) is 12.5. The minimum absolute atomic E-state index is 0.140. The first-order valence-electron chi connectivity index (χ1n) is 8.32. The average Bonchev–Trinajstić information content (AvgIpc) is 2.94. The van der Waals surface area contributed by atoms with Gasteiger partial charge in [-0.15, -0.1) is 0 Å². The van der Waals surface area contributed by atoms with Gasteiger partial charge in [-0.1, -0.05) is 0 Å². The van der Waals surface area contributed by atoms with Crippen molar-refractivity contribution in [2.24, 2.45) is 0 Å². The Kier molecular flexibility index (Phi) is 3.92. The van der Waals surface area contributed by atoms with Gasteiger partial charge in [0, 0.05) is 11.4 Å². The number of rotatable bonds is 2. The maximum absolute atomic E-state index is 13.3. The molecule has 4 rings (SSSR count). The van der Waals surface area contributed by atoms with Crippen molar-refractivity contribution in [2.75, 3.05) is 11.5 Å². The normalized spacial score (nSPS) is 11.8. The molecule has 142 valence electrons. The minimum Gasteiger partial charge on any atom is -0.399 e. The Labute approximate surface area is 157 Å². The summed E-state index contributed by atoms with van der Waals surface area (Å²) in [6.07, 6.45) is -4.53. The van der Waals surface area contributed by atoms with Crippen LogP contribution in [-0.2, 0) is 6.18 Å². The van der Waals surface area contributed by atoms with Gasteiger partial charge in [-0.25, -0.2) is 4.79 Å². The number of hydrogen-bond acceptors (Lipinski definition) is 3. The molecule has 4 N–H and O–H groups in total. The zero-order valence-electron chi connectivity index (χ0n) is 14.4. The molecule has 8 heteroatoms. The van der Waals surface area contributed by atoms with E-state index >= 15 is 0 Å². The van der Waals surface area contributed by atoms with Crippen molar-refractivity contribution < 1.29 is 13.2 Å². The van der Waals surface area contributed by atoms with Crippen LogP contribution in [0.1, 0.15) is 5.56 Å². The third kappa shape index (κ3) is 2.88. The van der Waals surface area contributed by atoms with Gasteiger partial charge in [-0.3, -0.25) is 9.13 Å². The lowest BCUT2D eigenvalue weighted by molar-refractivity contribution is -0.137. The molecule has 0 spiro atoms. The topological polar surface area (TPSA) is 79.0 Å². The van der Waals surface area contributed by atoms with Crippen molar-refractivity contribution >= 4 is 22.4 Å². The van der Waals surface area contributed by atoms with E-state index in [9.17, 15) is 18.0 Å². The van der Waals surface area contributed by atoms with E-state index in [4.69, 9.17) is 11.5 Å². The third-order valence-corrected chi connectivity index (χ3v) is 4.47. The highest BCUT2D eigenvalue weighted by Gasteiger charge is 2.31. The summed E-state index contributed by atoms with van der Waals surface area (Å²) in [4.78, 5) is 13.2. The van der Waals surface area contributed by atoms with Gasteiger partial charge >= 0.3 is 11.9 Å². The fourth-order valence-corrected chi connectivity index (χ4v) is 3.12. The Balaban J connectivity index is 2.08. The summed E-state index contributed by atoms with van der Waals surface area (Å²) in [5, 5.41) is 0. The summed E-state index contributed by atoms with van der Waals surface area (Å²) >= 11 is 0. The lowest BCUT2D eigenvalue weighted by Gasteiger charge is -2.08. The molecular weight excluding hydrogens is 369 g/mol. The Morgan fingerprint density at radius 1 is 0.679 bits per heavy atom. The molecule has 0 unspecified atom stereocenters. The van der Waals surface area contributed by atoms with E-state index in [2.05, 4.69) is 0 Å². The lowest BCUT2D eigenvalue weighted by atomic mass is 10.2. The molecule has 0 radical (unpaired) electrons. The van der Waals surface area contributed by atoms with Gasteiger partial charge in [0.25, 0.3) is 0 Å². The van der Waals surface area contributed by atoms with Crippen LogP contribution in [0.15, 0.2) is 71.5 Å². The Morgan fingerprint density at radius 2 is 1.14 bits per heavy atom. The predicted octanol–water partition coefficient (Wildman–Crippen LogP) is 3.96. The maximum Gasteiger partial charge on any atom is 0.416 e. The van der Waals surface area contributed by atoms with E-state index < -0.39 is 17.4 Å². The molecule has 28 heavy (non-hydrogen) atoms. The molecule has 0 fully saturated rings. The number of benzene rings is 3. The number of nitrogen functional groups attached to an aromatic ring is 2. The van der Waals surface area contributed by atoms with E-state index in [0.29, 0.717) is 28.3 Å². The number of anilines is 2. The summed E-state index contributed by atoms with van der Waals surface area (Å²) in [6, 6.07) is 16.1. The number of aromatic nitrogens is 2. The lowest BCUT2D eigenvalue weighted by Crippen LogP contribution is -2.22. The highest BCUT2D eigenvalue weighted by Crippen LogP contribution is 2.32. The first kappa shape index (κ1) is 17.7. The first-order chi connectivity index (χ1) is 13.3. The fraction of sp³-hybridized carbons (Fsp3) is 0.0500. The molecule has 0 saturated heterocycles. The SMILES string of the molecule is Nc1ccc(-n2c(=O)n(-c3ccc(N)cc3)c3cc(C(F)(F)F)ccc32)cc1. The monoisotopic (exact) mass is 384 g/mol. The van der Waals surface area contributed by atoms with Crippen LogP contribution < -0.4 is 17.2 Å². The minimum atomic E-state index is -4.53. The molecule has 4 aromatic rings. The Bertz CT molecular complexity index is 1220. The second-order valence-corrected chi connectivity index (χ2v) is 6.34. The molecule has 1 heterocycles. The second kappa shape index (κ2) is 6.19. The van der Waals surface area contributed by atoms with E-state index in [1.165, 1.54) is 15.2 Å². The van der Waals surface area contributed by atoms with Crippen LogP contribution in [-0.4, -0.2) is 9.13 Å². The summed E-state index contributed by atoms with van der Waals surface area (Å²) in [7, 11) is 0. The molecule has 0 saturated carbocycles. The molecule has 5 nitrogen and oxygen atoms in total. The van der Waals surface area contributed by atoms with E-state index in [-0.39, 0.29) is 5.52 Å². The fourth-order valence-electron chi connectivity index (χ4n) is 3.12. The van der Waals surface area contributed by atoms with Crippen LogP contribution in [0.2, 0.25) is 0 Å². The number of imidazole rings is 1. The molecule has 3 aromatic carbocycles. The van der Waals surface area contributed by atoms with Gasteiger partial charge in [0.1, 0.15) is 0 Å². The molecule has 0 aliphatic carbocycles. The first-order valence-corrected chi connectivity index (χ1v) is 8.32. The summed E-state index contributed by atoms with van der Waals surface area (Å²) in [6.45, 7) is 0. The summed E-state index contributed by atoms with van der Waals surface area (Å²) < 4.78 is 42.3. The zero-order valence-corrected chi connectivity index (χ0v) is 14.4. The van der Waals surface area contributed by atoms with Crippen molar-refractivity contribution in [2.45, 2.75) is 6.18 Å². The molecule has 0 aliphatic heterocycles. The van der Waals surface area contributed by atoms with E-state index in [1.807, 2.05) is 0 Å². The maximum atomic E-state index is 13.3. The van der Waals surface area contributed by atoms with Crippen LogP contribution in [0.3, 0.4) is 0 Å². The van der Waals surface area contributed by atoms with Crippen molar-refractivity contribution in [1.82, 2.24) is 9.13 Å². The zero-order chi connectivity index (χ0) is 20.1. The molecular formula is C20H15F3N4O. The highest BCUT2D eigenvalue weighted by atomic mass is 19.4. The standard InChI is InChI=1S/C20H15F3N4O/c21-20(22,23)12-1-10-17-18(11-12)27(16-8-4-14(25)5-9-16)19(28)26(17)15-6-2-13(24)3-7-15/h1-11H,24-25H2. The van der Waals surface area contributed by atoms with Gasteiger partial charge in [0.2, 0.25) is 0 Å². The largest absolute Gasteiger partial charge is 0.416 e. The van der Waals surface area contributed by atoms with Crippen LogP contribution in [0.25, 0.3) is 22.4 Å². The van der Waals surface area contributed by atoms with Crippen LogP contribution in [0.4, 0.5) is 24.5 Å². The van der Waals surface area contributed by atoms with Gasteiger partial charge in [-0.05, 0) is 66.7 Å².